The average Bonchev–Trinajstić information content (AvgIpc) is 3.10. The van der Waals surface area contributed by atoms with Crippen molar-refractivity contribution in [1.82, 2.24) is 15.2 Å². The van der Waals surface area contributed by atoms with Crippen LogP contribution in [0, 0.1) is 0 Å². The van der Waals surface area contributed by atoms with Gasteiger partial charge in [-0.3, -0.25) is 14.6 Å². The van der Waals surface area contributed by atoms with E-state index in [2.05, 4.69) is 17.2 Å². The van der Waals surface area contributed by atoms with Crippen LogP contribution in [0.3, 0.4) is 0 Å². The van der Waals surface area contributed by atoms with Gasteiger partial charge in [0.2, 0.25) is 0 Å². The van der Waals surface area contributed by atoms with Gasteiger partial charge in [-0.1, -0.05) is 13.3 Å². The number of hydrogen-bond acceptors (Lipinski definition) is 4. The van der Waals surface area contributed by atoms with E-state index < -0.39 is 0 Å². The molecule has 0 saturated heterocycles. The van der Waals surface area contributed by atoms with Crippen LogP contribution in [0.15, 0.2) is 41.1 Å². The number of carbonyl (C=O) groups is 2. The SMILES string of the molecule is CCCCN(C)C(=O)c1cc(C(=O)NCc2ccco2)ccn1. The molecular formula is C17H21N3O3. The monoisotopic (exact) mass is 315 g/mol. The highest BCUT2D eigenvalue weighted by molar-refractivity contribution is 5.98. The molecule has 2 amide bonds. The zero-order valence-electron chi connectivity index (χ0n) is 13.4. The van der Waals surface area contributed by atoms with E-state index in [1.807, 2.05) is 0 Å². The van der Waals surface area contributed by atoms with E-state index in [1.54, 1.807) is 36.4 Å². The summed E-state index contributed by atoms with van der Waals surface area (Å²) in [6.07, 6.45) is 4.98. The lowest BCUT2D eigenvalue weighted by molar-refractivity contribution is 0.0787. The Morgan fingerprint density at radius 2 is 2.17 bits per heavy atom. The number of hydrogen-bond donors (Lipinski definition) is 1. The maximum Gasteiger partial charge on any atom is 0.272 e. The van der Waals surface area contributed by atoms with Crippen LogP contribution in [-0.4, -0.2) is 35.3 Å². The number of nitrogens with zero attached hydrogens (tertiary/aromatic N) is 2. The Balaban J connectivity index is 2.00. The highest BCUT2D eigenvalue weighted by Gasteiger charge is 2.15. The Hall–Kier alpha value is -2.63. The number of aromatic nitrogens is 1. The molecule has 0 unspecified atom stereocenters. The summed E-state index contributed by atoms with van der Waals surface area (Å²) in [4.78, 5) is 30.1. The molecule has 0 bridgehead atoms. The quantitative estimate of drug-likeness (QED) is 0.851. The maximum atomic E-state index is 12.3. The van der Waals surface area contributed by atoms with Gasteiger partial charge in [0.25, 0.3) is 11.8 Å². The minimum atomic E-state index is -0.269. The third-order valence-corrected chi connectivity index (χ3v) is 3.44. The summed E-state index contributed by atoms with van der Waals surface area (Å²) in [5.41, 5.74) is 0.674. The van der Waals surface area contributed by atoms with Crippen LogP contribution in [0.5, 0.6) is 0 Å². The number of rotatable bonds is 7. The second-order valence-corrected chi connectivity index (χ2v) is 5.27. The maximum absolute atomic E-state index is 12.3. The van der Waals surface area contributed by atoms with Crippen LogP contribution in [0.2, 0.25) is 0 Å². The fraction of sp³-hybridized carbons (Fsp3) is 0.353. The summed E-state index contributed by atoms with van der Waals surface area (Å²) in [5, 5.41) is 2.75. The van der Waals surface area contributed by atoms with Gasteiger partial charge in [0.15, 0.2) is 0 Å². The molecule has 2 aromatic rings. The lowest BCUT2D eigenvalue weighted by atomic mass is 10.2. The van der Waals surface area contributed by atoms with Gasteiger partial charge in [0.1, 0.15) is 11.5 Å². The van der Waals surface area contributed by atoms with Crippen molar-refractivity contribution in [3.05, 3.63) is 53.7 Å². The second-order valence-electron chi connectivity index (χ2n) is 5.27. The van der Waals surface area contributed by atoms with Crippen molar-refractivity contribution >= 4 is 11.8 Å². The fourth-order valence-corrected chi connectivity index (χ4v) is 2.06. The Morgan fingerprint density at radius 3 is 2.87 bits per heavy atom. The number of furan rings is 1. The summed E-state index contributed by atoms with van der Waals surface area (Å²) < 4.78 is 5.16. The average molecular weight is 315 g/mol. The Labute approximate surface area is 135 Å². The Kier molecular flexibility index (Phi) is 5.91. The molecular weight excluding hydrogens is 294 g/mol. The summed E-state index contributed by atoms with van der Waals surface area (Å²) in [6, 6.07) is 6.64. The predicted molar refractivity (Wildman–Crippen MR) is 86.0 cm³/mol. The topological polar surface area (TPSA) is 75.4 Å². The third-order valence-electron chi connectivity index (χ3n) is 3.44. The minimum absolute atomic E-state index is 0.181. The molecule has 0 radical (unpaired) electrons. The number of pyridine rings is 1. The van der Waals surface area contributed by atoms with Gasteiger partial charge in [-0.15, -0.1) is 0 Å². The molecule has 2 heterocycles. The van der Waals surface area contributed by atoms with Crippen molar-refractivity contribution in [2.24, 2.45) is 0 Å². The zero-order valence-corrected chi connectivity index (χ0v) is 13.4. The van der Waals surface area contributed by atoms with Crippen molar-refractivity contribution < 1.29 is 14.0 Å². The molecule has 0 saturated carbocycles. The third kappa shape index (κ3) is 4.67. The molecule has 0 fully saturated rings. The Bertz CT molecular complexity index is 653. The minimum Gasteiger partial charge on any atom is -0.467 e. The highest BCUT2D eigenvalue weighted by Crippen LogP contribution is 2.07. The van der Waals surface area contributed by atoms with Crippen molar-refractivity contribution in [2.75, 3.05) is 13.6 Å². The number of carbonyl (C=O) groups excluding carboxylic acids is 2. The predicted octanol–water partition coefficient (Wildman–Crippen LogP) is 2.48. The molecule has 0 aliphatic rings. The van der Waals surface area contributed by atoms with E-state index in [9.17, 15) is 9.59 Å². The van der Waals surface area contributed by atoms with E-state index in [0.717, 1.165) is 12.8 Å². The van der Waals surface area contributed by atoms with Gasteiger partial charge in [-0.05, 0) is 30.7 Å². The van der Waals surface area contributed by atoms with Crippen molar-refractivity contribution in [1.29, 1.82) is 0 Å². The molecule has 1 N–H and O–H groups in total. The smallest absolute Gasteiger partial charge is 0.272 e. The van der Waals surface area contributed by atoms with Crippen LogP contribution < -0.4 is 5.32 Å². The molecule has 0 aliphatic carbocycles. The van der Waals surface area contributed by atoms with Crippen LogP contribution in [0.25, 0.3) is 0 Å². The first-order valence-electron chi connectivity index (χ1n) is 7.64. The lowest BCUT2D eigenvalue weighted by Gasteiger charge is -2.16. The Morgan fingerprint density at radius 1 is 1.35 bits per heavy atom. The fourth-order valence-electron chi connectivity index (χ4n) is 2.06. The van der Waals surface area contributed by atoms with Crippen molar-refractivity contribution in [3.63, 3.8) is 0 Å². The molecule has 2 rings (SSSR count). The summed E-state index contributed by atoms with van der Waals surface area (Å²) in [5.74, 6) is 0.219. The van der Waals surface area contributed by atoms with Gasteiger partial charge in [0.05, 0.1) is 12.8 Å². The molecule has 0 spiro atoms. The molecule has 23 heavy (non-hydrogen) atoms. The van der Waals surface area contributed by atoms with E-state index in [-0.39, 0.29) is 17.5 Å². The van der Waals surface area contributed by atoms with Gasteiger partial charge >= 0.3 is 0 Å². The number of amides is 2. The van der Waals surface area contributed by atoms with Gasteiger partial charge in [-0.25, -0.2) is 0 Å². The summed E-state index contributed by atoms with van der Waals surface area (Å²) in [6.45, 7) is 3.04. The zero-order chi connectivity index (χ0) is 16.7. The number of nitrogens with one attached hydrogen (secondary N) is 1. The van der Waals surface area contributed by atoms with E-state index in [0.29, 0.717) is 24.4 Å². The van der Waals surface area contributed by atoms with Crippen LogP contribution in [0.1, 0.15) is 46.4 Å². The van der Waals surface area contributed by atoms with Crippen molar-refractivity contribution in [3.8, 4) is 0 Å². The second kappa shape index (κ2) is 8.12. The standard InChI is InChI=1S/C17H21N3O3/c1-3-4-9-20(2)17(22)15-11-13(7-8-18-15)16(21)19-12-14-6-5-10-23-14/h5-8,10-11H,3-4,9,12H2,1-2H3,(H,19,21). The van der Waals surface area contributed by atoms with Gasteiger partial charge in [0, 0.05) is 25.4 Å². The molecule has 2 aromatic heterocycles. The van der Waals surface area contributed by atoms with Crippen molar-refractivity contribution in [2.45, 2.75) is 26.3 Å². The molecule has 0 aliphatic heterocycles. The van der Waals surface area contributed by atoms with E-state index >= 15 is 0 Å². The molecule has 0 aromatic carbocycles. The number of unbranched alkanes of at least 4 members (excludes halogenated alkanes) is 1. The largest absolute Gasteiger partial charge is 0.467 e. The summed E-state index contributed by atoms with van der Waals surface area (Å²) in [7, 11) is 1.74. The highest BCUT2D eigenvalue weighted by atomic mass is 16.3. The van der Waals surface area contributed by atoms with Crippen LogP contribution in [-0.2, 0) is 6.54 Å². The lowest BCUT2D eigenvalue weighted by Crippen LogP contribution is -2.29. The van der Waals surface area contributed by atoms with Crippen LogP contribution >= 0.6 is 0 Å². The molecule has 122 valence electrons. The first-order valence-corrected chi connectivity index (χ1v) is 7.64. The van der Waals surface area contributed by atoms with E-state index in [1.165, 1.54) is 12.3 Å². The van der Waals surface area contributed by atoms with Crippen LogP contribution in [0.4, 0.5) is 0 Å². The first-order chi connectivity index (χ1) is 11.1. The van der Waals surface area contributed by atoms with Gasteiger partial charge < -0.3 is 14.6 Å². The summed E-state index contributed by atoms with van der Waals surface area (Å²) >= 11 is 0. The van der Waals surface area contributed by atoms with Gasteiger partial charge in [-0.2, -0.15) is 0 Å². The molecule has 6 nitrogen and oxygen atoms in total. The molecule has 6 heteroatoms. The molecule has 0 atom stereocenters. The normalized spacial score (nSPS) is 10.3. The van der Waals surface area contributed by atoms with E-state index in [4.69, 9.17) is 4.42 Å². The first kappa shape index (κ1) is 16.7.